The summed E-state index contributed by atoms with van der Waals surface area (Å²) in [4.78, 5) is 85.9. The van der Waals surface area contributed by atoms with Gasteiger partial charge in [0.25, 0.3) is 0 Å². The van der Waals surface area contributed by atoms with Gasteiger partial charge < -0.3 is 36.4 Å². The summed E-state index contributed by atoms with van der Waals surface area (Å²) in [6.45, 7) is 2.67. The minimum atomic E-state index is -4.71. The topological polar surface area (TPSA) is 229 Å². The van der Waals surface area contributed by atoms with E-state index >= 15 is 0 Å². The first-order chi connectivity index (χ1) is 25.8. The van der Waals surface area contributed by atoms with Crippen LogP contribution in [0.5, 0.6) is 5.75 Å². The molecule has 2 saturated heterocycles. The molecule has 0 bridgehead atoms. The number of rotatable bonds is 24. The SMILES string of the molecule is CCCCCCCCCCCCNC(=O)[C@H](CCC(N)=O)NC(=O)C1CC[C@@H]2CCCCC(NC(=O)[C@H](Cc3ccc(OP(=O)(O)O)cc3)NC)C(=O)N12. The molecule has 2 aliphatic rings. The molecule has 2 unspecified atom stereocenters. The number of fused-ring (bicyclic) bond motifs is 1. The van der Waals surface area contributed by atoms with Gasteiger partial charge in [0.15, 0.2) is 0 Å². The molecule has 5 atom stereocenters. The van der Waals surface area contributed by atoms with E-state index in [4.69, 9.17) is 15.5 Å². The fraction of sp³-hybridized carbons (Fsp3) is 0.711. The fourth-order valence-corrected chi connectivity index (χ4v) is 7.75. The molecule has 5 amide bonds. The molecule has 1 aromatic carbocycles. The summed E-state index contributed by atoms with van der Waals surface area (Å²) in [5.74, 6) is -2.21. The van der Waals surface area contributed by atoms with Gasteiger partial charge in [0, 0.05) is 19.0 Å². The van der Waals surface area contributed by atoms with Crippen LogP contribution in [0.25, 0.3) is 0 Å². The lowest BCUT2D eigenvalue weighted by Crippen LogP contribution is -2.59. The molecule has 0 aliphatic carbocycles. The van der Waals surface area contributed by atoms with Crippen LogP contribution in [-0.4, -0.2) is 88.0 Å². The van der Waals surface area contributed by atoms with E-state index in [-0.39, 0.29) is 42.9 Å². The number of amides is 5. The first-order valence-corrected chi connectivity index (χ1v) is 21.4. The van der Waals surface area contributed by atoms with Crippen LogP contribution in [0.15, 0.2) is 24.3 Å². The summed E-state index contributed by atoms with van der Waals surface area (Å²) in [6, 6.07) is 2.40. The van der Waals surface area contributed by atoms with Crippen LogP contribution in [0.1, 0.15) is 128 Å². The molecule has 0 radical (unpaired) electrons. The Bertz CT molecular complexity index is 1410. The molecule has 54 heavy (non-hydrogen) atoms. The van der Waals surface area contributed by atoms with E-state index in [9.17, 15) is 28.5 Å². The number of unbranched alkanes of at least 4 members (excludes halogenated alkanes) is 9. The summed E-state index contributed by atoms with van der Waals surface area (Å²) < 4.78 is 15.7. The number of likely N-dealkylation sites (N-methyl/N-ethyl adjacent to an activating group) is 1. The Balaban J connectivity index is 1.58. The summed E-state index contributed by atoms with van der Waals surface area (Å²) in [6.07, 6.45) is 15.5. The van der Waals surface area contributed by atoms with E-state index in [2.05, 4.69) is 32.7 Å². The Morgan fingerprint density at radius 3 is 2.13 bits per heavy atom. The van der Waals surface area contributed by atoms with Gasteiger partial charge in [-0.1, -0.05) is 89.7 Å². The third-order valence-electron chi connectivity index (χ3n) is 10.3. The Morgan fingerprint density at radius 1 is 0.889 bits per heavy atom. The molecule has 0 saturated carbocycles. The molecule has 1 aromatic rings. The number of phosphoric ester groups is 1. The summed E-state index contributed by atoms with van der Waals surface area (Å²) in [5, 5.41) is 11.6. The average molecular weight is 779 g/mol. The molecule has 2 fully saturated rings. The van der Waals surface area contributed by atoms with Gasteiger partial charge in [0.2, 0.25) is 29.5 Å². The molecule has 2 aliphatic heterocycles. The van der Waals surface area contributed by atoms with Gasteiger partial charge >= 0.3 is 7.82 Å². The molecular weight excluding hydrogens is 715 g/mol. The molecular formula is C38H63N6O9P. The van der Waals surface area contributed by atoms with Gasteiger partial charge in [0.05, 0.1) is 6.04 Å². The van der Waals surface area contributed by atoms with Gasteiger partial charge in [-0.05, 0) is 69.7 Å². The van der Waals surface area contributed by atoms with E-state index in [0.29, 0.717) is 31.4 Å². The highest BCUT2D eigenvalue weighted by Gasteiger charge is 2.44. The van der Waals surface area contributed by atoms with Crippen molar-refractivity contribution in [3.63, 3.8) is 0 Å². The Hall–Kier alpha value is -3.52. The van der Waals surface area contributed by atoms with Gasteiger partial charge in [0.1, 0.15) is 23.9 Å². The zero-order valence-electron chi connectivity index (χ0n) is 32.1. The highest BCUT2D eigenvalue weighted by Crippen LogP contribution is 2.37. The lowest BCUT2D eigenvalue weighted by Gasteiger charge is -2.36. The van der Waals surface area contributed by atoms with Crippen molar-refractivity contribution in [1.82, 2.24) is 26.2 Å². The van der Waals surface area contributed by atoms with Crippen molar-refractivity contribution in [2.45, 2.75) is 159 Å². The van der Waals surface area contributed by atoms with E-state index in [1.165, 1.54) is 57.1 Å². The van der Waals surface area contributed by atoms with Crippen LogP contribution < -0.4 is 31.5 Å². The van der Waals surface area contributed by atoms with Crippen LogP contribution in [0, 0.1) is 0 Å². The monoisotopic (exact) mass is 778 g/mol. The van der Waals surface area contributed by atoms with E-state index in [1.807, 2.05) is 0 Å². The first kappa shape index (κ1) is 44.9. The third-order valence-corrected chi connectivity index (χ3v) is 10.8. The minimum Gasteiger partial charge on any atom is -0.404 e. The van der Waals surface area contributed by atoms with E-state index < -0.39 is 49.7 Å². The predicted octanol–water partition coefficient (Wildman–Crippen LogP) is 3.49. The maximum absolute atomic E-state index is 14.1. The van der Waals surface area contributed by atoms with Crippen molar-refractivity contribution in [3.05, 3.63) is 29.8 Å². The van der Waals surface area contributed by atoms with Gasteiger partial charge in [-0.15, -0.1) is 0 Å². The van der Waals surface area contributed by atoms with E-state index in [0.717, 1.165) is 38.5 Å². The lowest BCUT2D eigenvalue weighted by molar-refractivity contribution is -0.145. The number of benzene rings is 1. The Labute approximate surface area is 319 Å². The molecule has 3 rings (SSSR count). The molecule has 16 heteroatoms. The van der Waals surface area contributed by atoms with Crippen LogP contribution >= 0.6 is 7.82 Å². The zero-order valence-corrected chi connectivity index (χ0v) is 33.0. The zero-order chi connectivity index (χ0) is 39.5. The number of nitrogens with one attached hydrogen (secondary N) is 4. The Morgan fingerprint density at radius 2 is 1.52 bits per heavy atom. The minimum absolute atomic E-state index is 0.0133. The standard InChI is InChI=1S/C38H63N6O9P/c1-3-4-5-6-7-8-9-10-11-14-25-41-35(46)30(22-24-34(39)45)42-37(48)33-23-19-28-15-12-13-16-31(38(49)44(28)33)43-36(47)32(40-2)26-27-17-20-29(21-18-27)53-54(50,51)52/h17-18,20-21,28,30-33,40H,3-16,19,22-26H2,1-2H3,(H2,39,45)(H,41,46)(H,42,48)(H,43,47)(H2,50,51,52)/t28-,30-,31?,32-,33?/m0/s1. The molecule has 2 heterocycles. The molecule has 15 nitrogen and oxygen atoms in total. The first-order valence-electron chi connectivity index (χ1n) is 19.8. The summed E-state index contributed by atoms with van der Waals surface area (Å²) >= 11 is 0. The average Bonchev–Trinajstić information content (AvgIpc) is 3.54. The van der Waals surface area contributed by atoms with Crippen molar-refractivity contribution in [3.8, 4) is 5.75 Å². The molecule has 304 valence electrons. The Kier molecular flexibility index (Phi) is 19.5. The van der Waals surface area contributed by atoms with E-state index in [1.54, 1.807) is 24.1 Å². The van der Waals surface area contributed by atoms with Gasteiger partial charge in [-0.2, -0.15) is 0 Å². The van der Waals surface area contributed by atoms with Crippen LogP contribution in [0.2, 0.25) is 0 Å². The van der Waals surface area contributed by atoms with Crippen molar-refractivity contribution >= 4 is 37.4 Å². The van der Waals surface area contributed by atoms with Gasteiger partial charge in [-0.25, -0.2) is 4.57 Å². The van der Waals surface area contributed by atoms with Crippen LogP contribution in [-0.2, 0) is 35.0 Å². The van der Waals surface area contributed by atoms with Crippen molar-refractivity contribution in [2.75, 3.05) is 13.6 Å². The largest absolute Gasteiger partial charge is 0.524 e. The number of phosphoric acid groups is 1. The van der Waals surface area contributed by atoms with Crippen LogP contribution in [0.3, 0.4) is 0 Å². The smallest absolute Gasteiger partial charge is 0.404 e. The number of hydrogen-bond donors (Lipinski definition) is 7. The number of hydrogen-bond acceptors (Lipinski definition) is 8. The number of primary amides is 1. The van der Waals surface area contributed by atoms with Crippen LogP contribution in [0.4, 0.5) is 0 Å². The number of nitrogens with zero attached hydrogens (tertiary/aromatic N) is 1. The fourth-order valence-electron chi connectivity index (χ4n) is 7.35. The van der Waals surface area contributed by atoms with Crippen molar-refractivity contribution in [2.24, 2.45) is 5.73 Å². The normalized spacial score (nSPS) is 19.9. The third kappa shape index (κ3) is 15.7. The second kappa shape index (κ2) is 23.4. The molecule has 0 spiro atoms. The number of carbonyl (C=O) groups excluding carboxylic acids is 5. The van der Waals surface area contributed by atoms with Gasteiger partial charge in [-0.3, -0.25) is 33.8 Å². The molecule has 0 aromatic heterocycles. The second-order valence-corrected chi connectivity index (χ2v) is 15.8. The molecule has 8 N–H and O–H groups in total. The summed E-state index contributed by atoms with van der Waals surface area (Å²) in [7, 11) is -3.09. The van der Waals surface area contributed by atoms with Crippen molar-refractivity contribution < 1.29 is 42.8 Å². The predicted molar refractivity (Wildman–Crippen MR) is 205 cm³/mol. The quantitative estimate of drug-likeness (QED) is 0.0597. The second-order valence-electron chi connectivity index (χ2n) is 14.6. The van der Waals surface area contributed by atoms with Crippen molar-refractivity contribution in [1.29, 1.82) is 0 Å². The summed E-state index contributed by atoms with van der Waals surface area (Å²) in [5.41, 5.74) is 6.09. The maximum atomic E-state index is 14.1. The maximum Gasteiger partial charge on any atom is 0.524 e. The number of carbonyl (C=O) groups is 5. The highest BCUT2D eigenvalue weighted by molar-refractivity contribution is 7.46. The highest BCUT2D eigenvalue weighted by atomic mass is 31.2. The lowest BCUT2D eigenvalue weighted by atomic mass is 9.98. The number of nitrogens with two attached hydrogens (primary N) is 1.